The number of anilines is 1. The minimum atomic E-state index is -0.575. The van der Waals surface area contributed by atoms with E-state index in [0.29, 0.717) is 57.7 Å². The third kappa shape index (κ3) is 6.68. The number of likely N-dealkylation sites (tertiary alicyclic amines) is 1. The number of nitrogens with one attached hydrogen (secondary N) is 1. The molecule has 1 amide bonds. The molecule has 0 bridgehead atoms. The number of methoxy groups -OCH3 is 2. The lowest BCUT2D eigenvalue weighted by Gasteiger charge is -2.31. The normalized spacial score (nSPS) is 15.0. The number of hydrogen-bond acceptors (Lipinski definition) is 9. The molecule has 1 saturated heterocycles. The summed E-state index contributed by atoms with van der Waals surface area (Å²) in [4.78, 5) is 24.0. The van der Waals surface area contributed by atoms with Crippen LogP contribution in [0.25, 0.3) is 22.2 Å². The summed E-state index contributed by atoms with van der Waals surface area (Å²) >= 11 is 0. The van der Waals surface area contributed by atoms with Crippen molar-refractivity contribution in [2.45, 2.75) is 19.3 Å². The third-order valence-electron chi connectivity index (χ3n) is 8.03. The van der Waals surface area contributed by atoms with E-state index >= 15 is 4.39 Å². The predicted molar refractivity (Wildman–Crippen MR) is 163 cm³/mol. The van der Waals surface area contributed by atoms with E-state index in [1.807, 2.05) is 12.1 Å². The van der Waals surface area contributed by atoms with Gasteiger partial charge in [-0.1, -0.05) is 12.1 Å². The Balaban J connectivity index is 1.14. The molecule has 44 heavy (non-hydrogen) atoms. The second-order valence-electron chi connectivity index (χ2n) is 10.9. The monoisotopic (exact) mass is 602 g/mol. The first-order valence-electron chi connectivity index (χ1n) is 14.7. The summed E-state index contributed by atoms with van der Waals surface area (Å²) in [7, 11) is 3.32. The van der Waals surface area contributed by atoms with Crippen molar-refractivity contribution in [2.75, 3.05) is 59.2 Å². The van der Waals surface area contributed by atoms with Crippen LogP contribution in [0.5, 0.6) is 23.0 Å². The maximum absolute atomic E-state index is 15.2. The highest BCUT2D eigenvalue weighted by Crippen LogP contribution is 2.37. The van der Waals surface area contributed by atoms with Gasteiger partial charge in [0.1, 0.15) is 12.1 Å². The van der Waals surface area contributed by atoms with E-state index in [0.717, 1.165) is 44.6 Å². The zero-order valence-electron chi connectivity index (χ0n) is 24.8. The lowest BCUT2D eigenvalue weighted by atomic mass is 9.98. The second-order valence-corrected chi connectivity index (χ2v) is 10.9. The quantitative estimate of drug-likeness (QED) is 0.251. The van der Waals surface area contributed by atoms with E-state index in [1.165, 1.54) is 18.5 Å². The number of hydrogen-bond donors (Lipinski definition) is 1. The first-order chi connectivity index (χ1) is 21.5. The fraction of sp³-hybridized carbons (Fsp3) is 0.364. The molecular formula is C33H35FN4O6. The smallest absolute Gasteiger partial charge is 0.231 e. The second kappa shape index (κ2) is 13.4. The van der Waals surface area contributed by atoms with Gasteiger partial charge < -0.3 is 33.9 Å². The molecular weight excluding hydrogens is 567 g/mol. The van der Waals surface area contributed by atoms with Crippen LogP contribution in [-0.2, 0) is 16.0 Å². The summed E-state index contributed by atoms with van der Waals surface area (Å²) in [5.74, 6) is 1.92. The highest BCUT2D eigenvalue weighted by molar-refractivity contribution is 5.96. The van der Waals surface area contributed by atoms with Crippen LogP contribution in [0, 0.1) is 11.7 Å². The molecule has 230 valence electrons. The summed E-state index contributed by atoms with van der Waals surface area (Å²) in [5.41, 5.74) is 2.55. The van der Waals surface area contributed by atoms with Gasteiger partial charge in [-0.05, 0) is 67.7 Å². The van der Waals surface area contributed by atoms with E-state index in [1.54, 1.807) is 38.5 Å². The van der Waals surface area contributed by atoms with Gasteiger partial charge in [-0.15, -0.1) is 0 Å². The van der Waals surface area contributed by atoms with E-state index < -0.39 is 5.82 Å². The molecule has 3 heterocycles. The summed E-state index contributed by atoms with van der Waals surface area (Å²) < 4.78 is 43.0. The average Bonchev–Trinajstić information content (AvgIpc) is 3.51. The lowest BCUT2D eigenvalue weighted by Crippen LogP contribution is -2.37. The molecule has 4 aromatic rings. The fourth-order valence-electron chi connectivity index (χ4n) is 5.57. The molecule has 0 atom stereocenters. The molecule has 0 unspecified atom stereocenters. The summed E-state index contributed by atoms with van der Waals surface area (Å²) in [6, 6.07) is 13.6. The van der Waals surface area contributed by atoms with E-state index in [9.17, 15) is 4.79 Å². The molecule has 6 rings (SSSR count). The molecule has 0 spiro atoms. The number of carbonyl (C=O) groups is 1. The average molecular weight is 603 g/mol. The van der Waals surface area contributed by atoms with Crippen molar-refractivity contribution in [3.05, 3.63) is 66.2 Å². The van der Waals surface area contributed by atoms with Gasteiger partial charge in [-0.3, -0.25) is 4.79 Å². The molecule has 1 fully saturated rings. The maximum atomic E-state index is 15.2. The standard InChI is InChI=1S/C33H35FN4O6/c1-40-12-11-38-9-7-21(8-10-38)18-42-31-17-27-24(16-29(31)41-2)33(36-19-35-27)23-4-5-26(25(34)15-23)37-32(39)14-22-3-6-28-30(13-22)44-20-43-28/h3-6,13,15-17,19,21H,7-12,14,18,20H2,1-2H3,(H,37,39). The topological polar surface area (TPSA) is 104 Å². The van der Waals surface area contributed by atoms with Crippen molar-refractivity contribution >= 4 is 22.5 Å². The van der Waals surface area contributed by atoms with Gasteiger partial charge in [0.25, 0.3) is 0 Å². The minimum absolute atomic E-state index is 0.0617. The zero-order chi connectivity index (χ0) is 30.5. The molecule has 2 aliphatic heterocycles. The van der Waals surface area contributed by atoms with Crippen LogP contribution in [-0.4, -0.2) is 74.6 Å². The Hall–Kier alpha value is -4.48. The molecule has 1 aromatic heterocycles. The van der Waals surface area contributed by atoms with Crippen LogP contribution in [0.4, 0.5) is 10.1 Å². The van der Waals surface area contributed by atoms with Crippen molar-refractivity contribution in [1.29, 1.82) is 0 Å². The zero-order valence-corrected chi connectivity index (χ0v) is 24.8. The molecule has 3 aromatic carbocycles. The number of fused-ring (bicyclic) bond motifs is 2. The van der Waals surface area contributed by atoms with Gasteiger partial charge in [0.2, 0.25) is 12.7 Å². The first-order valence-corrected chi connectivity index (χ1v) is 14.7. The molecule has 2 aliphatic rings. The fourth-order valence-corrected chi connectivity index (χ4v) is 5.57. The van der Waals surface area contributed by atoms with Crippen LogP contribution in [0.2, 0.25) is 0 Å². The highest BCUT2D eigenvalue weighted by atomic mass is 19.1. The number of rotatable bonds is 11. The van der Waals surface area contributed by atoms with Crippen molar-refractivity contribution in [2.24, 2.45) is 5.92 Å². The third-order valence-corrected chi connectivity index (χ3v) is 8.03. The van der Waals surface area contributed by atoms with Crippen LogP contribution in [0.1, 0.15) is 18.4 Å². The largest absolute Gasteiger partial charge is 0.493 e. The number of carbonyl (C=O) groups excluding carboxylic acids is 1. The van der Waals surface area contributed by atoms with Gasteiger partial charge >= 0.3 is 0 Å². The van der Waals surface area contributed by atoms with Crippen molar-refractivity contribution in [3.63, 3.8) is 0 Å². The van der Waals surface area contributed by atoms with Gasteiger partial charge in [0.15, 0.2) is 23.0 Å². The molecule has 0 aliphatic carbocycles. The molecule has 0 radical (unpaired) electrons. The van der Waals surface area contributed by atoms with Gasteiger partial charge in [0, 0.05) is 30.7 Å². The Morgan fingerprint density at radius 1 is 1.02 bits per heavy atom. The summed E-state index contributed by atoms with van der Waals surface area (Å²) in [5, 5.41) is 3.35. The van der Waals surface area contributed by atoms with Crippen molar-refractivity contribution < 1.29 is 32.9 Å². The number of halogens is 1. The van der Waals surface area contributed by atoms with Crippen molar-refractivity contribution in [3.8, 4) is 34.3 Å². The minimum Gasteiger partial charge on any atom is -0.493 e. The predicted octanol–water partition coefficient (Wildman–Crippen LogP) is 5.09. The SMILES string of the molecule is COCCN1CCC(COc2cc3ncnc(-c4ccc(NC(=O)Cc5ccc6c(c5)OCO6)c(F)c4)c3cc2OC)CC1. The number of benzene rings is 3. The Labute approximate surface area is 255 Å². The maximum Gasteiger partial charge on any atom is 0.231 e. The van der Waals surface area contributed by atoms with Crippen LogP contribution in [0.3, 0.4) is 0 Å². The summed E-state index contributed by atoms with van der Waals surface area (Å²) in [6.45, 7) is 4.50. The Kier molecular flexibility index (Phi) is 9.04. The Morgan fingerprint density at radius 2 is 1.86 bits per heavy atom. The van der Waals surface area contributed by atoms with Crippen LogP contribution < -0.4 is 24.3 Å². The first kappa shape index (κ1) is 29.6. The van der Waals surface area contributed by atoms with Crippen LogP contribution in [0.15, 0.2) is 54.9 Å². The van der Waals surface area contributed by atoms with Crippen LogP contribution >= 0.6 is 0 Å². The number of amides is 1. The number of piperidine rings is 1. The van der Waals surface area contributed by atoms with E-state index in [4.69, 9.17) is 23.7 Å². The lowest BCUT2D eigenvalue weighted by molar-refractivity contribution is -0.115. The van der Waals surface area contributed by atoms with E-state index in [-0.39, 0.29) is 24.8 Å². The number of aromatic nitrogens is 2. The highest BCUT2D eigenvalue weighted by Gasteiger charge is 2.21. The molecule has 0 saturated carbocycles. The molecule has 11 heteroatoms. The van der Waals surface area contributed by atoms with Gasteiger partial charge in [0.05, 0.1) is 43.6 Å². The van der Waals surface area contributed by atoms with Gasteiger partial charge in [-0.25, -0.2) is 14.4 Å². The molecule has 1 N–H and O–H groups in total. The van der Waals surface area contributed by atoms with E-state index in [2.05, 4.69) is 20.2 Å². The molecule has 10 nitrogen and oxygen atoms in total. The van der Waals surface area contributed by atoms with Crippen molar-refractivity contribution in [1.82, 2.24) is 14.9 Å². The number of ether oxygens (including phenoxy) is 5. The summed E-state index contributed by atoms with van der Waals surface area (Å²) in [6.07, 6.45) is 3.63. The Bertz CT molecular complexity index is 1640. The Morgan fingerprint density at radius 3 is 2.66 bits per heavy atom. The van der Waals surface area contributed by atoms with Gasteiger partial charge in [-0.2, -0.15) is 0 Å². The number of nitrogens with zero attached hydrogens (tertiary/aromatic N) is 3.